The summed E-state index contributed by atoms with van der Waals surface area (Å²) < 4.78 is 16.3. The van der Waals surface area contributed by atoms with E-state index in [0.717, 1.165) is 41.4 Å². The monoisotopic (exact) mass is 432 g/mol. The van der Waals surface area contributed by atoms with Gasteiger partial charge in [0.25, 0.3) is 5.91 Å². The first-order chi connectivity index (χ1) is 15.5. The SMILES string of the molecule is C[C@@H]1CCc2nc3ccccc3c(C(=O)O[C@@H](C)C(=O)Nc3ccc4c(c3)OCO4)c2C1. The molecule has 0 saturated heterocycles. The number of carbonyl (C=O) groups is 2. The van der Waals surface area contributed by atoms with Crippen LogP contribution in [0.4, 0.5) is 5.69 Å². The molecule has 2 aliphatic rings. The maximum Gasteiger partial charge on any atom is 0.339 e. The van der Waals surface area contributed by atoms with Crippen LogP contribution >= 0.6 is 0 Å². The van der Waals surface area contributed by atoms with Crippen molar-refractivity contribution in [1.82, 2.24) is 4.98 Å². The van der Waals surface area contributed by atoms with E-state index < -0.39 is 18.0 Å². The molecule has 2 aromatic carbocycles. The second-order valence-electron chi connectivity index (χ2n) is 8.38. The number of carbonyl (C=O) groups excluding carboxylic acids is 2. The maximum atomic E-state index is 13.3. The first kappa shape index (κ1) is 20.3. The number of aryl methyl sites for hydroxylation is 1. The molecule has 1 aliphatic heterocycles. The van der Waals surface area contributed by atoms with E-state index >= 15 is 0 Å². The zero-order valence-corrected chi connectivity index (χ0v) is 18.0. The average molecular weight is 432 g/mol. The molecule has 1 N–H and O–H groups in total. The van der Waals surface area contributed by atoms with E-state index in [1.165, 1.54) is 0 Å². The van der Waals surface area contributed by atoms with E-state index in [-0.39, 0.29) is 6.79 Å². The van der Waals surface area contributed by atoms with E-state index in [9.17, 15) is 9.59 Å². The number of esters is 1. The van der Waals surface area contributed by atoms with Gasteiger partial charge in [0.15, 0.2) is 17.6 Å². The quantitative estimate of drug-likeness (QED) is 0.620. The number of amides is 1. The summed E-state index contributed by atoms with van der Waals surface area (Å²) in [7, 11) is 0. The van der Waals surface area contributed by atoms with E-state index in [1.54, 1.807) is 25.1 Å². The molecule has 32 heavy (non-hydrogen) atoms. The molecule has 2 heterocycles. The molecular weight excluding hydrogens is 408 g/mol. The third kappa shape index (κ3) is 3.75. The molecular formula is C25H24N2O5. The first-order valence-corrected chi connectivity index (χ1v) is 10.8. The zero-order valence-electron chi connectivity index (χ0n) is 18.0. The van der Waals surface area contributed by atoms with Crippen LogP contribution in [-0.2, 0) is 22.4 Å². The predicted molar refractivity (Wildman–Crippen MR) is 119 cm³/mol. The molecule has 1 amide bonds. The maximum absolute atomic E-state index is 13.3. The van der Waals surface area contributed by atoms with Gasteiger partial charge in [-0.15, -0.1) is 0 Å². The van der Waals surface area contributed by atoms with Crippen LogP contribution in [0.3, 0.4) is 0 Å². The van der Waals surface area contributed by atoms with Gasteiger partial charge >= 0.3 is 5.97 Å². The number of rotatable bonds is 4. The van der Waals surface area contributed by atoms with Crippen molar-refractivity contribution < 1.29 is 23.8 Å². The highest BCUT2D eigenvalue weighted by Crippen LogP contribution is 2.35. The molecule has 0 saturated carbocycles. The number of para-hydroxylation sites is 1. The Morgan fingerprint density at radius 3 is 2.84 bits per heavy atom. The fourth-order valence-corrected chi connectivity index (χ4v) is 4.29. The topological polar surface area (TPSA) is 86.8 Å². The number of nitrogens with zero attached hydrogens (tertiary/aromatic N) is 1. The summed E-state index contributed by atoms with van der Waals surface area (Å²) in [6.45, 7) is 3.90. The number of anilines is 1. The van der Waals surface area contributed by atoms with Crippen LogP contribution in [0.15, 0.2) is 42.5 Å². The molecule has 0 fully saturated rings. The molecule has 0 radical (unpaired) electrons. The summed E-state index contributed by atoms with van der Waals surface area (Å²) in [4.78, 5) is 30.8. The van der Waals surface area contributed by atoms with Crippen molar-refractivity contribution in [3.05, 3.63) is 59.3 Å². The van der Waals surface area contributed by atoms with Gasteiger partial charge in [-0.05, 0) is 55.9 Å². The average Bonchev–Trinajstić information content (AvgIpc) is 3.25. The normalized spacial score (nSPS) is 17.5. The van der Waals surface area contributed by atoms with E-state index in [1.807, 2.05) is 24.3 Å². The molecule has 0 unspecified atom stereocenters. The van der Waals surface area contributed by atoms with Crippen molar-refractivity contribution in [2.45, 2.75) is 39.2 Å². The van der Waals surface area contributed by atoms with Crippen LogP contribution in [-0.4, -0.2) is 29.8 Å². The molecule has 7 nitrogen and oxygen atoms in total. The minimum atomic E-state index is -0.975. The summed E-state index contributed by atoms with van der Waals surface area (Å²) >= 11 is 0. The van der Waals surface area contributed by atoms with Crippen LogP contribution in [0, 0.1) is 5.92 Å². The summed E-state index contributed by atoms with van der Waals surface area (Å²) in [5.74, 6) is 0.742. The molecule has 0 bridgehead atoms. The minimum absolute atomic E-state index is 0.156. The van der Waals surface area contributed by atoms with Gasteiger partial charge in [0.1, 0.15) is 0 Å². The van der Waals surface area contributed by atoms with Gasteiger partial charge in [-0.25, -0.2) is 4.79 Å². The largest absolute Gasteiger partial charge is 0.454 e. The lowest BCUT2D eigenvalue weighted by atomic mass is 9.84. The van der Waals surface area contributed by atoms with E-state index in [2.05, 4.69) is 12.2 Å². The molecule has 1 aliphatic carbocycles. The Morgan fingerprint density at radius 2 is 1.97 bits per heavy atom. The van der Waals surface area contributed by atoms with Crippen molar-refractivity contribution in [2.75, 3.05) is 12.1 Å². The van der Waals surface area contributed by atoms with Crippen molar-refractivity contribution in [2.24, 2.45) is 5.92 Å². The van der Waals surface area contributed by atoms with Gasteiger partial charge in [-0.3, -0.25) is 9.78 Å². The number of aromatic nitrogens is 1. The zero-order chi connectivity index (χ0) is 22.2. The van der Waals surface area contributed by atoms with Crippen molar-refractivity contribution in [3.8, 4) is 11.5 Å². The van der Waals surface area contributed by atoms with Gasteiger partial charge < -0.3 is 19.5 Å². The summed E-state index contributed by atoms with van der Waals surface area (Å²) in [6.07, 6.45) is 1.68. The molecule has 5 rings (SSSR count). The summed E-state index contributed by atoms with van der Waals surface area (Å²) in [6, 6.07) is 12.7. The van der Waals surface area contributed by atoms with Gasteiger partial charge in [-0.1, -0.05) is 25.1 Å². The second-order valence-corrected chi connectivity index (χ2v) is 8.38. The summed E-state index contributed by atoms with van der Waals surface area (Å²) in [5, 5.41) is 3.53. The standard InChI is InChI=1S/C25H24N2O5/c1-14-7-9-20-18(11-14)23(17-5-3-4-6-19(17)27-20)25(29)32-15(2)24(28)26-16-8-10-21-22(12-16)31-13-30-21/h3-6,8,10,12,14-15H,7,9,11,13H2,1-2H3,(H,26,28)/t14-,15+/m1/s1. The van der Waals surface area contributed by atoms with Gasteiger partial charge in [0.2, 0.25) is 6.79 Å². The number of ether oxygens (including phenoxy) is 3. The lowest BCUT2D eigenvalue weighted by Crippen LogP contribution is -2.31. The van der Waals surface area contributed by atoms with Crippen LogP contribution in [0.2, 0.25) is 0 Å². The Morgan fingerprint density at radius 1 is 1.16 bits per heavy atom. The van der Waals surface area contributed by atoms with E-state index in [0.29, 0.717) is 28.7 Å². The fourth-order valence-electron chi connectivity index (χ4n) is 4.29. The van der Waals surface area contributed by atoms with Crippen LogP contribution in [0.5, 0.6) is 11.5 Å². The third-order valence-corrected chi connectivity index (χ3v) is 6.00. The van der Waals surface area contributed by atoms with Gasteiger partial charge in [0, 0.05) is 22.8 Å². The number of hydrogen-bond acceptors (Lipinski definition) is 6. The van der Waals surface area contributed by atoms with Gasteiger partial charge in [-0.2, -0.15) is 0 Å². The Bertz CT molecular complexity index is 1220. The fraction of sp³-hybridized carbons (Fsp3) is 0.320. The molecule has 2 atom stereocenters. The van der Waals surface area contributed by atoms with Crippen LogP contribution in [0.1, 0.15) is 41.9 Å². The van der Waals surface area contributed by atoms with E-state index in [4.69, 9.17) is 19.2 Å². The van der Waals surface area contributed by atoms with Crippen LogP contribution < -0.4 is 14.8 Å². The molecule has 1 aromatic heterocycles. The lowest BCUT2D eigenvalue weighted by Gasteiger charge is -2.24. The number of benzene rings is 2. The van der Waals surface area contributed by atoms with Crippen molar-refractivity contribution in [1.29, 1.82) is 0 Å². The highest BCUT2D eigenvalue weighted by Gasteiger charge is 2.28. The Balaban J connectivity index is 1.38. The lowest BCUT2D eigenvalue weighted by molar-refractivity contribution is -0.123. The molecule has 164 valence electrons. The smallest absolute Gasteiger partial charge is 0.339 e. The van der Waals surface area contributed by atoms with Gasteiger partial charge in [0.05, 0.1) is 11.1 Å². The van der Waals surface area contributed by atoms with Crippen LogP contribution in [0.25, 0.3) is 10.9 Å². The third-order valence-electron chi connectivity index (χ3n) is 6.00. The Kier molecular flexibility index (Phi) is 5.17. The van der Waals surface area contributed by atoms with Crippen molar-refractivity contribution >= 4 is 28.5 Å². The molecule has 7 heteroatoms. The summed E-state index contributed by atoms with van der Waals surface area (Å²) in [5.41, 5.74) is 3.73. The predicted octanol–water partition coefficient (Wildman–Crippen LogP) is 4.27. The number of hydrogen-bond donors (Lipinski definition) is 1. The second kappa shape index (κ2) is 8.15. The molecule has 3 aromatic rings. The first-order valence-electron chi connectivity index (χ1n) is 10.8. The highest BCUT2D eigenvalue weighted by molar-refractivity contribution is 6.06. The molecule has 0 spiro atoms. The number of pyridine rings is 1. The number of fused-ring (bicyclic) bond motifs is 3. The highest BCUT2D eigenvalue weighted by atomic mass is 16.7. The minimum Gasteiger partial charge on any atom is -0.454 e. The Labute approximate surface area is 185 Å². The number of nitrogens with one attached hydrogen (secondary N) is 1. The Hall–Kier alpha value is -3.61. The van der Waals surface area contributed by atoms with Crippen molar-refractivity contribution in [3.63, 3.8) is 0 Å².